The van der Waals surface area contributed by atoms with Gasteiger partial charge in [0.1, 0.15) is 11.7 Å². The average molecular weight is 398 g/mol. The summed E-state index contributed by atoms with van der Waals surface area (Å²) >= 11 is 1.51. The van der Waals surface area contributed by atoms with Crippen LogP contribution in [-0.2, 0) is 10.5 Å². The number of benzene rings is 1. The van der Waals surface area contributed by atoms with Crippen LogP contribution in [0.5, 0.6) is 0 Å². The minimum absolute atomic E-state index is 0.360. The van der Waals surface area contributed by atoms with Gasteiger partial charge in [0.2, 0.25) is 0 Å². The number of carboxylic acids is 1. The first kappa shape index (κ1) is 19.9. The summed E-state index contributed by atoms with van der Waals surface area (Å²) in [4.78, 5) is 29.5. The second-order valence-corrected chi connectivity index (χ2v) is 7.51. The molecule has 7 heteroatoms. The predicted molar refractivity (Wildman–Crippen MR) is 110 cm³/mol. The smallest absolute Gasteiger partial charge is 0.326 e. The van der Waals surface area contributed by atoms with Crippen molar-refractivity contribution in [1.82, 2.24) is 14.7 Å². The fourth-order valence-electron chi connectivity index (χ4n) is 2.89. The van der Waals surface area contributed by atoms with Crippen molar-refractivity contribution < 1.29 is 14.7 Å². The van der Waals surface area contributed by atoms with Gasteiger partial charge in [0.15, 0.2) is 0 Å². The lowest BCUT2D eigenvalue weighted by Gasteiger charge is -2.15. The maximum atomic E-state index is 12.7. The van der Waals surface area contributed by atoms with Gasteiger partial charge in [-0.15, -0.1) is 11.8 Å². The Morgan fingerprint density at radius 3 is 2.75 bits per heavy atom. The van der Waals surface area contributed by atoms with Crippen molar-refractivity contribution in [2.45, 2.75) is 42.9 Å². The van der Waals surface area contributed by atoms with Crippen molar-refractivity contribution in [3.63, 3.8) is 0 Å². The third kappa shape index (κ3) is 4.92. The third-order valence-electron chi connectivity index (χ3n) is 4.37. The number of nitrogens with one attached hydrogen (secondary N) is 1. The van der Waals surface area contributed by atoms with Crippen LogP contribution in [0, 0.1) is 0 Å². The number of hydrogen-bond donors (Lipinski definition) is 2. The van der Waals surface area contributed by atoms with Crippen LogP contribution < -0.4 is 5.32 Å². The van der Waals surface area contributed by atoms with E-state index in [-0.39, 0.29) is 5.91 Å². The van der Waals surface area contributed by atoms with Crippen LogP contribution in [0.2, 0.25) is 0 Å². The van der Waals surface area contributed by atoms with E-state index in [1.165, 1.54) is 11.8 Å². The molecule has 3 rings (SSSR count). The molecule has 6 nitrogen and oxygen atoms in total. The molecule has 1 aromatic carbocycles. The van der Waals surface area contributed by atoms with E-state index >= 15 is 0 Å². The number of carbonyl (C=O) groups is 2. The number of carbonyl (C=O) groups excluding carboxylic acids is 1. The Morgan fingerprint density at radius 2 is 2.00 bits per heavy atom. The average Bonchev–Trinajstić information content (AvgIpc) is 3.12. The molecule has 0 saturated heterocycles. The maximum absolute atomic E-state index is 12.7. The Bertz CT molecular complexity index is 937. The van der Waals surface area contributed by atoms with Gasteiger partial charge in [0.25, 0.3) is 5.91 Å². The number of imidazole rings is 1. The van der Waals surface area contributed by atoms with Gasteiger partial charge in [-0.3, -0.25) is 4.79 Å². The summed E-state index contributed by atoms with van der Waals surface area (Å²) in [5, 5.41) is 12.0. The topological polar surface area (TPSA) is 83.7 Å². The minimum Gasteiger partial charge on any atom is -0.480 e. The van der Waals surface area contributed by atoms with Crippen molar-refractivity contribution >= 4 is 29.3 Å². The van der Waals surface area contributed by atoms with Crippen LogP contribution in [0.3, 0.4) is 0 Å². The number of pyridine rings is 1. The summed E-state index contributed by atoms with van der Waals surface area (Å²) in [5.41, 5.74) is 2.28. The van der Waals surface area contributed by atoms with E-state index in [2.05, 4.69) is 10.3 Å². The number of rotatable bonds is 9. The molecule has 3 aromatic rings. The zero-order valence-corrected chi connectivity index (χ0v) is 16.5. The molecule has 2 heterocycles. The monoisotopic (exact) mass is 397 g/mol. The van der Waals surface area contributed by atoms with E-state index < -0.39 is 12.0 Å². The molecule has 0 aliphatic carbocycles. The molecule has 2 N–H and O–H groups in total. The van der Waals surface area contributed by atoms with Gasteiger partial charge in [-0.1, -0.05) is 38.0 Å². The molecular formula is C21H23N3O3S. The number of fused-ring (bicyclic) bond motifs is 1. The first-order chi connectivity index (χ1) is 13.6. The lowest BCUT2D eigenvalue weighted by molar-refractivity contribution is -0.139. The Labute approximate surface area is 168 Å². The lowest BCUT2D eigenvalue weighted by atomic mass is 10.1. The molecule has 1 amide bonds. The lowest BCUT2D eigenvalue weighted by Crippen LogP contribution is -2.40. The SMILES string of the molecule is CCCCC(NC(=O)c1ccccc1SCc1cn2ccccc2n1)C(=O)O. The highest BCUT2D eigenvalue weighted by molar-refractivity contribution is 7.98. The van der Waals surface area contributed by atoms with E-state index in [0.29, 0.717) is 17.7 Å². The summed E-state index contributed by atoms with van der Waals surface area (Å²) < 4.78 is 1.96. The summed E-state index contributed by atoms with van der Waals surface area (Å²) in [6, 6.07) is 12.2. The number of hydrogen-bond acceptors (Lipinski definition) is 4. The fourth-order valence-corrected chi connectivity index (χ4v) is 3.82. The summed E-state index contributed by atoms with van der Waals surface area (Å²) in [6.07, 6.45) is 5.97. The molecule has 2 aromatic heterocycles. The van der Waals surface area contributed by atoms with Gasteiger partial charge in [-0.25, -0.2) is 9.78 Å². The highest BCUT2D eigenvalue weighted by atomic mass is 32.2. The first-order valence-electron chi connectivity index (χ1n) is 9.26. The number of carboxylic acid groups (broad SMARTS) is 1. The summed E-state index contributed by atoms with van der Waals surface area (Å²) in [6.45, 7) is 1.99. The third-order valence-corrected chi connectivity index (χ3v) is 5.48. The second kappa shape index (κ2) is 9.41. The number of unbranched alkanes of at least 4 members (excludes halogenated alkanes) is 1. The number of aliphatic carboxylic acids is 1. The van der Waals surface area contributed by atoms with Crippen LogP contribution in [-0.4, -0.2) is 32.4 Å². The zero-order chi connectivity index (χ0) is 19.9. The number of aromatic nitrogens is 2. The molecule has 0 spiro atoms. The van der Waals surface area contributed by atoms with Gasteiger partial charge in [0, 0.05) is 23.0 Å². The van der Waals surface area contributed by atoms with E-state index in [1.54, 1.807) is 12.1 Å². The molecule has 146 valence electrons. The Kier molecular flexibility index (Phi) is 6.71. The van der Waals surface area contributed by atoms with Gasteiger partial charge in [0.05, 0.1) is 11.3 Å². The van der Waals surface area contributed by atoms with Crippen LogP contribution in [0.15, 0.2) is 59.8 Å². The van der Waals surface area contributed by atoms with Crippen LogP contribution in [0.4, 0.5) is 0 Å². The van der Waals surface area contributed by atoms with Gasteiger partial charge >= 0.3 is 5.97 Å². The highest BCUT2D eigenvalue weighted by Crippen LogP contribution is 2.26. The molecule has 0 saturated carbocycles. The number of thioether (sulfide) groups is 1. The quantitative estimate of drug-likeness (QED) is 0.533. The zero-order valence-electron chi connectivity index (χ0n) is 15.7. The van der Waals surface area contributed by atoms with Crippen molar-refractivity contribution in [3.05, 3.63) is 66.1 Å². The van der Waals surface area contributed by atoms with Gasteiger partial charge in [-0.05, 0) is 30.7 Å². The van der Waals surface area contributed by atoms with E-state index in [9.17, 15) is 14.7 Å². The van der Waals surface area contributed by atoms with Crippen molar-refractivity contribution in [2.75, 3.05) is 0 Å². The predicted octanol–water partition coefficient (Wildman–Crippen LogP) is 4.00. The van der Waals surface area contributed by atoms with Crippen molar-refractivity contribution in [1.29, 1.82) is 0 Å². The van der Waals surface area contributed by atoms with E-state index in [1.807, 2.05) is 54.0 Å². The summed E-state index contributed by atoms with van der Waals surface area (Å²) in [7, 11) is 0. The molecule has 28 heavy (non-hydrogen) atoms. The molecule has 1 atom stereocenters. The maximum Gasteiger partial charge on any atom is 0.326 e. The van der Waals surface area contributed by atoms with E-state index in [0.717, 1.165) is 29.1 Å². The molecule has 0 aliphatic rings. The molecule has 0 bridgehead atoms. The van der Waals surface area contributed by atoms with Crippen LogP contribution >= 0.6 is 11.8 Å². The van der Waals surface area contributed by atoms with Crippen molar-refractivity contribution in [2.24, 2.45) is 0 Å². The standard InChI is InChI=1S/C21H23N3O3S/c1-2-3-9-17(21(26)27)23-20(25)16-8-4-5-10-18(16)28-14-15-13-24-12-7-6-11-19(24)22-15/h4-8,10-13,17H,2-3,9,14H2,1H3,(H,23,25)(H,26,27). The van der Waals surface area contributed by atoms with Gasteiger partial charge in [-0.2, -0.15) is 0 Å². The molecule has 0 aliphatic heterocycles. The Balaban J connectivity index is 1.71. The Morgan fingerprint density at radius 1 is 1.21 bits per heavy atom. The number of amides is 1. The van der Waals surface area contributed by atoms with Gasteiger partial charge < -0.3 is 14.8 Å². The highest BCUT2D eigenvalue weighted by Gasteiger charge is 2.21. The second-order valence-electron chi connectivity index (χ2n) is 6.49. The first-order valence-corrected chi connectivity index (χ1v) is 10.2. The summed E-state index contributed by atoms with van der Waals surface area (Å²) in [5.74, 6) is -0.747. The normalized spacial score (nSPS) is 12.0. The molecule has 0 fully saturated rings. The number of nitrogens with zero attached hydrogens (tertiary/aromatic N) is 2. The van der Waals surface area contributed by atoms with Crippen molar-refractivity contribution in [3.8, 4) is 0 Å². The van der Waals surface area contributed by atoms with Crippen LogP contribution in [0.25, 0.3) is 5.65 Å². The minimum atomic E-state index is -1.00. The molecule has 0 radical (unpaired) electrons. The van der Waals surface area contributed by atoms with E-state index in [4.69, 9.17) is 0 Å². The fraction of sp³-hybridized carbons (Fsp3) is 0.286. The molecular weight excluding hydrogens is 374 g/mol. The molecule has 1 unspecified atom stereocenters. The Hall–Kier alpha value is -2.80. The largest absolute Gasteiger partial charge is 0.480 e. The van der Waals surface area contributed by atoms with Crippen LogP contribution in [0.1, 0.15) is 42.2 Å².